The zero-order valence-electron chi connectivity index (χ0n) is 15.2. The summed E-state index contributed by atoms with van der Waals surface area (Å²) in [5.41, 5.74) is 2.62. The lowest BCUT2D eigenvalue weighted by Gasteiger charge is -2.14. The fraction of sp³-hybridized carbons (Fsp3) is 0.611. The molecule has 0 aliphatic carbocycles. The monoisotopic (exact) mass is 432 g/mol. The van der Waals surface area contributed by atoms with E-state index in [4.69, 9.17) is 0 Å². The molecule has 0 aromatic heterocycles. The number of guanidine groups is 1. The fourth-order valence-corrected chi connectivity index (χ4v) is 2.33. The molecular formula is C18H33IN4. The van der Waals surface area contributed by atoms with Gasteiger partial charge in [-0.25, -0.2) is 0 Å². The molecule has 0 spiro atoms. The maximum atomic E-state index is 4.28. The second-order valence-corrected chi connectivity index (χ2v) is 6.45. The van der Waals surface area contributed by atoms with Gasteiger partial charge in [0.2, 0.25) is 0 Å². The number of hydrogen-bond acceptors (Lipinski definition) is 2. The van der Waals surface area contributed by atoms with Gasteiger partial charge in [-0.2, -0.15) is 0 Å². The fourth-order valence-electron chi connectivity index (χ4n) is 2.33. The lowest BCUT2D eigenvalue weighted by Crippen LogP contribution is -2.37. The molecule has 0 heterocycles. The van der Waals surface area contributed by atoms with Crippen LogP contribution in [0.4, 0.5) is 0 Å². The molecule has 0 fully saturated rings. The normalized spacial score (nSPS) is 11.5. The first kappa shape index (κ1) is 22.2. The Kier molecular flexibility index (Phi) is 12.1. The van der Waals surface area contributed by atoms with Crippen molar-refractivity contribution in [2.45, 2.75) is 39.8 Å². The molecule has 1 aromatic rings. The van der Waals surface area contributed by atoms with E-state index >= 15 is 0 Å². The van der Waals surface area contributed by atoms with Gasteiger partial charge in [0.1, 0.15) is 0 Å². The molecule has 0 aliphatic rings. The van der Waals surface area contributed by atoms with E-state index < -0.39 is 0 Å². The summed E-state index contributed by atoms with van der Waals surface area (Å²) >= 11 is 0. The lowest BCUT2D eigenvalue weighted by atomic mass is 10.1. The second-order valence-electron chi connectivity index (χ2n) is 6.45. The van der Waals surface area contributed by atoms with E-state index in [-0.39, 0.29) is 24.0 Å². The first-order valence-electron chi connectivity index (χ1n) is 8.18. The van der Waals surface area contributed by atoms with Crippen molar-refractivity contribution in [2.75, 3.05) is 27.7 Å². The van der Waals surface area contributed by atoms with Crippen LogP contribution in [0.15, 0.2) is 29.3 Å². The maximum absolute atomic E-state index is 4.28. The Bertz CT molecular complexity index is 458. The van der Waals surface area contributed by atoms with Gasteiger partial charge in [-0.1, -0.05) is 38.1 Å². The van der Waals surface area contributed by atoms with Crippen LogP contribution in [-0.2, 0) is 13.1 Å². The van der Waals surface area contributed by atoms with Gasteiger partial charge in [-0.15, -0.1) is 24.0 Å². The SMILES string of the molecule is CN=C(NCCCC(C)C)NCc1cccc(CN(C)C)c1.I. The molecule has 4 nitrogen and oxygen atoms in total. The van der Waals surface area contributed by atoms with E-state index in [0.29, 0.717) is 0 Å². The third kappa shape index (κ3) is 10.5. The summed E-state index contributed by atoms with van der Waals surface area (Å²) in [4.78, 5) is 6.46. The van der Waals surface area contributed by atoms with Crippen LogP contribution >= 0.6 is 24.0 Å². The van der Waals surface area contributed by atoms with Crippen molar-refractivity contribution < 1.29 is 0 Å². The lowest BCUT2D eigenvalue weighted by molar-refractivity contribution is 0.402. The molecule has 23 heavy (non-hydrogen) atoms. The van der Waals surface area contributed by atoms with Gasteiger partial charge in [-0.3, -0.25) is 4.99 Å². The number of halogens is 1. The Morgan fingerprint density at radius 1 is 1.17 bits per heavy atom. The summed E-state index contributed by atoms with van der Waals surface area (Å²) in [7, 11) is 6.00. The molecule has 0 unspecified atom stereocenters. The molecule has 5 heteroatoms. The maximum Gasteiger partial charge on any atom is 0.191 e. The predicted molar refractivity (Wildman–Crippen MR) is 112 cm³/mol. The Hall–Kier alpha value is -0.820. The minimum absolute atomic E-state index is 0. The van der Waals surface area contributed by atoms with E-state index in [0.717, 1.165) is 31.5 Å². The average molecular weight is 432 g/mol. The molecular weight excluding hydrogens is 399 g/mol. The van der Waals surface area contributed by atoms with Crippen molar-refractivity contribution >= 4 is 29.9 Å². The van der Waals surface area contributed by atoms with Crippen molar-refractivity contribution in [1.29, 1.82) is 0 Å². The second kappa shape index (κ2) is 12.6. The van der Waals surface area contributed by atoms with Crippen LogP contribution in [0.25, 0.3) is 0 Å². The first-order valence-corrected chi connectivity index (χ1v) is 8.18. The quantitative estimate of drug-likeness (QED) is 0.286. The topological polar surface area (TPSA) is 39.7 Å². The van der Waals surface area contributed by atoms with Crippen LogP contribution in [-0.4, -0.2) is 38.5 Å². The van der Waals surface area contributed by atoms with Crippen LogP contribution in [0.3, 0.4) is 0 Å². The van der Waals surface area contributed by atoms with Crippen molar-refractivity contribution in [1.82, 2.24) is 15.5 Å². The molecule has 0 saturated heterocycles. The standard InChI is InChI=1S/C18H32N4.HI/c1-15(2)8-7-11-20-18(19-3)21-13-16-9-6-10-17(12-16)14-22(4)5;/h6,9-10,12,15H,7-8,11,13-14H2,1-5H3,(H2,19,20,21);1H. The van der Waals surface area contributed by atoms with Crippen molar-refractivity contribution in [3.05, 3.63) is 35.4 Å². The third-order valence-corrected chi connectivity index (χ3v) is 3.42. The van der Waals surface area contributed by atoms with Crippen LogP contribution in [0.1, 0.15) is 37.8 Å². The summed E-state index contributed by atoms with van der Waals surface area (Å²) < 4.78 is 0. The minimum atomic E-state index is 0. The van der Waals surface area contributed by atoms with Gasteiger partial charge in [0, 0.05) is 26.7 Å². The molecule has 132 valence electrons. The highest BCUT2D eigenvalue weighted by Crippen LogP contribution is 2.07. The van der Waals surface area contributed by atoms with Crippen LogP contribution in [0.2, 0.25) is 0 Å². The van der Waals surface area contributed by atoms with E-state index in [1.165, 1.54) is 24.0 Å². The third-order valence-electron chi connectivity index (χ3n) is 3.42. The highest BCUT2D eigenvalue weighted by atomic mass is 127. The number of nitrogens with zero attached hydrogens (tertiary/aromatic N) is 2. The molecule has 0 aliphatic heterocycles. The van der Waals surface area contributed by atoms with Gasteiger partial charge in [0.15, 0.2) is 5.96 Å². The number of nitrogens with one attached hydrogen (secondary N) is 2. The molecule has 0 radical (unpaired) electrons. The number of rotatable bonds is 8. The highest BCUT2D eigenvalue weighted by Gasteiger charge is 2.01. The molecule has 2 N–H and O–H groups in total. The number of benzene rings is 1. The minimum Gasteiger partial charge on any atom is -0.356 e. The number of aliphatic imine (C=N–C) groups is 1. The molecule has 0 saturated carbocycles. The number of hydrogen-bond donors (Lipinski definition) is 2. The summed E-state index contributed by atoms with van der Waals surface area (Å²) in [5.74, 6) is 1.64. The Labute approximate surface area is 159 Å². The molecule has 0 amide bonds. The van der Waals surface area contributed by atoms with Gasteiger partial charge >= 0.3 is 0 Å². The Balaban J connectivity index is 0.00000484. The first-order chi connectivity index (χ1) is 10.5. The van der Waals surface area contributed by atoms with Gasteiger partial charge in [0.25, 0.3) is 0 Å². The van der Waals surface area contributed by atoms with Crippen LogP contribution < -0.4 is 10.6 Å². The summed E-state index contributed by atoms with van der Waals surface area (Å²) in [6.07, 6.45) is 2.42. The largest absolute Gasteiger partial charge is 0.356 e. The molecule has 0 atom stereocenters. The van der Waals surface area contributed by atoms with Crippen LogP contribution in [0, 0.1) is 5.92 Å². The molecule has 0 bridgehead atoms. The zero-order chi connectivity index (χ0) is 16.4. The van der Waals surface area contributed by atoms with E-state index in [9.17, 15) is 0 Å². The van der Waals surface area contributed by atoms with Gasteiger partial charge < -0.3 is 15.5 Å². The highest BCUT2D eigenvalue weighted by molar-refractivity contribution is 14.0. The molecule has 1 rings (SSSR count). The smallest absolute Gasteiger partial charge is 0.191 e. The van der Waals surface area contributed by atoms with Crippen molar-refractivity contribution in [3.63, 3.8) is 0 Å². The predicted octanol–water partition coefficient (Wildman–Crippen LogP) is 3.47. The summed E-state index contributed by atoms with van der Waals surface area (Å²) in [5, 5.41) is 6.75. The van der Waals surface area contributed by atoms with Gasteiger partial charge in [0.05, 0.1) is 0 Å². The Morgan fingerprint density at radius 3 is 2.48 bits per heavy atom. The molecule has 1 aromatic carbocycles. The zero-order valence-corrected chi connectivity index (χ0v) is 17.6. The summed E-state index contributed by atoms with van der Waals surface area (Å²) in [6.45, 7) is 7.25. The van der Waals surface area contributed by atoms with Crippen LogP contribution in [0.5, 0.6) is 0 Å². The van der Waals surface area contributed by atoms with E-state index in [2.05, 4.69) is 72.7 Å². The van der Waals surface area contributed by atoms with Crippen molar-refractivity contribution in [3.8, 4) is 0 Å². The van der Waals surface area contributed by atoms with Crippen molar-refractivity contribution in [2.24, 2.45) is 10.9 Å². The van der Waals surface area contributed by atoms with E-state index in [1.807, 2.05) is 7.05 Å². The average Bonchev–Trinajstić information content (AvgIpc) is 2.46. The van der Waals surface area contributed by atoms with E-state index in [1.54, 1.807) is 0 Å². The Morgan fingerprint density at radius 2 is 1.87 bits per heavy atom. The summed E-state index contributed by atoms with van der Waals surface area (Å²) in [6, 6.07) is 8.69. The van der Waals surface area contributed by atoms with Gasteiger partial charge in [-0.05, 0) is 44.0 Å².